The zero-order chi connectivity index (χ0) is 11.6. The van der Waals surface area contributed by atoms with E-state index in [4.69, 9.17) is 0 Å². The number of aromatic amines is 1. The predicted molar refractivity (Wildman–Crippen MR) is 62.5 cm³/mol. The summed E-state index contributed by atoms with van der Waals surface area (Å²) >= 11 is 0. The molecule has 0 radical (unpaired) electrons. The average Bonchev–Trinajstić information content (AvgIpc) is 2.07. The van der Waals surface area contributed by atoms with Crippen molar-refractivity contribution in [2.24, 2.45) is 7.05 Å². The second kappa shape index (κ2) is 3.91. The average molecular weight is 222 g/mol. The van der Waals surface area contributed by atoms with E-state index >= 15 is 0 Å². The summed E-state index contributed by atoms with van der Waals surface area (Å²) in [6.07, 6.45) is 1.47. The van der Waals surface area contributed by atoms with Crippen LogP contribution in [0.15, 0.2) is 15.8 Å². The molecule has 0 amide bonds. The van der Waals surface area contributed by atoms with E-state index in [1.807, 2.05) is 0 Å². The molecule has 1 aromatic heterocycles. The van der Waals surface area contributed by atoms with Crippen LogP contribution in [-0.4, -0.2) is 17.6 Å². The van der Waals surface area contributed by atoms with Gasteiger partial charge in [0.2, 0.25) is 0 Å². The van der Waals surface area contributed by atoms with Gasteiger partial charge in [-0.15, -0.1) is 5.54 Å². The first-order chi connectivity index (χ1) is 6.79. The van der Waals surface area contributed by atoms with Crippen molar-refractivity contribution in [1.82, 2.24) is 9.55 Å². The molecule has 80 valence electrons. The number of aryl methyl sites for hydroxylation is 1. The van der Waals surface area contributed by atoms with Gasteiger partial charge in [0.15, 0.2) is 0 Å². The third-order valence-corrected chi connectivity index (χ3v) is 2.56. The Labute approximate surface area is 89.0 Å². The minimum atomic E-state index is -1.50. The van der Waals surface area contributed by atoms with Crippen LogP contribution in [0.1, 0.15) is 5.56 Å². The lowest BCUT2D eigenvalue weighted by Crippen LogP contribution is -2.29. The van der Waals surface area contributed by atoms with Crippen LogP contribution in [0.25, 0.3) is 0 Å². The summed E-state index contributed by atoms with van der Waals surface area (Å²) in [6.45, 7) is 6.28. The third-order valence-electron chi connectivity index (χ3n) is 1.68. The standard InChI is InChI=1S/C10H14N2O2Si/c1-12-7-8(5-6-15(2,3)4)9(13)11-10(12)14/h7H,1-4H3,(H,11,13,14). The van der Waals surface area contributed by atoms with E-state index in [-0.39, 0.29) is 0 Å². The zero-order valence-electron chi connectivity index (χ0n) is 9.34. The van der Waals surface area contributed by atoms with E-state index in [1.54, 1.807) is 7.05 Å². The highest BCUT2D eigenvalue weighted by Gasteiger charge is 2.08. The van der Waals surface area contributed by atoms with Crippen molar-refractivity contribution in [3.63, 3.8) is 0 Å². The Morgan fingerprint density at radius 1 is 1.33 bits per heavy atom. The molecule has 0 saturated heterocycles. The molecule has 0 aliphatic rings. The van der Waals surface area contributed by atoms with Gasteiger partial charge in [0.25, 0.3) is 5.56 Å². The Hall–Kier alpha value is -1.54. The summed E-state index contributed by atoms with van der Waals surface area (Å²) in [4.78, 5) is 24.6. The van der Waals surface area contributed by atoms with Crippen molar-refractivity contribution < 1.29 is 0 Å². The number of nitrogens with one attached hydrogen (secondary N) is 1. The van der Waals surface area contributed by atoms with Crippen LogP contribution in [0.2, 0.25) is 19.6 Å². The molecule has 5 heteroatoms. The van der Waals surface area contributed by atoms with Gasteiger partial charge in [-0.3, -0.25) is 9.78 Å². The van der Waals surface area contributed by atoms with Crippen molar-refractivity contribution in [3.05, 3.63) is 32.6 Å². The van der Waals surface area contributed by atoms with Crippen LogP contribution in [0.5, 0.6) is 0 Å². The van der Waals surface area contributed by atoms with Gasteiger partial charge in [0.1, 0.15) is 13.6 Å². The van der Waals surface area contributed by atoms with E-state index in [2.05, 4.69) is 36.1 Å². The molecule has 0 saturated carbocycles. The minimum Gasteiger partial charge on any atom is -0.302 e. The Morgan fingerprint density at radius 2 is 1.93 bits per heavy atom. The number of hydrogen-bond donors (Lipinski definition) is 1. The molecule has 0 fully saturated rings. The van der Waals surface area contributed by atoms with Crippen molar-refractivity contribution in [1.29, 1.82) is 0 Å². The normalized spacial score (nSPS) is 10.7. The summed E-state index contributed by atoms with van der Waals surface area (Å²) in [7, 11) is 0.0861. The van der Waals surface area contributed by atoms with Crippen LogP contribution in [0.3, 0.4) is 0 Å². The summed E-state index contributed by atoms with van der Waals surface area (Å²) < 4.78 is 1.32. The van der Waals surface area contributed by atoms with Crippen molar-refractivity contribution in [2.45, 2.75) is 19.6 Å². The van der Waals surface area contributed by atoms with Gasteiger partial charge in [0, 0.05) is 13.2 Å². The Bertz CT molecular complexity index is 538. The fourth-order valence-electron chi connectivity index (χ4n) is 0.907. The quantitative estimate of drug-likeness (QED) is 0.507. The largest absolute Gasteiger partial charge is 0.328 e. The zero-order valence-corrected chi connectivity index (χ0v) is 10.3. The maximum atomic E-state index is 11.4. The lowest BCUT2D eigenvalue weighted by atomic mass is 10.3. The van der Waals surface area contributed by atoms with Gasteiger partial charge >= 0.3 is 5.69 Å². The molecular formula is C10H14N2O2Si. The van der Waals surface area contributed by atoms with Crippen LogP contribution < -0.4 is 11.2 Å². The van der Waals surface area contributed by atoms with Gasteiger partial charge < -0.3 is 4.57 Å². The second-order valence-corrected chi connectivity index (χ2v) is 9.16. The number of H-pyrrole nitrogens is 1. The van der Waals surface area contributed by atoms with Crippen molar-refractivity contribution in [2.75, 3.05) is 0 Å². The highest BCUT2D eigenvalue weighted by molar-refractivity contribution is 6.83. The lowest BCUT2D eigenvalue weighted by molar-refractivity contribution is 0.795. The maximum absolute atomic E-state index is 11.4. The molecule has 0 spiro atoms. The van der Waals surface area contributed by atoms with Crippen molar-refractivity contribution in [3.8, 4) is 11.5 Å². The highest BCUT2D eigenvalue weighted by atomic mass is 28.3. The minimum absolute atomic E-state index is 0.347. The fraction of sp³-hybridized carbons (Fsp3) is 0.400. The molecule has 1 heterocycles. The molecule has 0 unspecified atom stereocenters. The summed E-state index contributed by atoms with van der Waals surface area (Å²) in [5.41, 5.74) is 2.59. The van der Waals surface area contributed by atoms with Gasteiger partial charge in [-0.2, -0.15) is 0 Å². The first kappa shape index (κ1) is 11.5. The molecule has 15 heavy (non-hydrogen) atoms. The Morgan fingerprint density at radius 3 is 2.47 bits per heavy atom. The molecule has 1 N–H and O–H groups in total. The molecule has 0 atom stereocenters. The summed E-state index contributed by atoms with van der Waals surface area (Å²) in [5.74, 6) is 2.83. The van der Waals surface area contributed by atoms with Crippen LogP contribution in [0, 0.1) is 11.5 Å². The SMILES string of the molecule is Cn1cc(C#C[Si](C)(C)C)c(=O)[nH]c1=O. The van der Waals surface area contributed by atoms with E-state index < -0.39 is 19.3 Å². The topological polar surface area (TPSA) is 54.9 Å². The van der Waals surface area contributed by atoms with Crippen LogP contribution >= 0.6 is 0 Å². The molecule has 0 aliphatic carbocycles. The number of rotatable bonds is 0. The summed E-state index contributed by atoms with van der Waals surface area (Å²) in [5, 5.41) is 0. The lowest BCUT2D eigenvalue weighted by Gasteiger charge is -2.03. The fourth-order valence-corrected chi connectivity index (χ4v) is 1.42. The third kappa shape index (κ3) is 3.25. The number of nitrogens with zero attached hydrogens (tertiary/aromatic N) is 1. The molecular weight excluding hydrogens is 208 g/mol. The van der Waals surface area contributed by atoms with Gasteiger partial charge in [0.05, 0.1) is 0 Å². The number of hydrogen-bond acceptors (Lipinski definition) is 2. The molecule has 0 bridgehead atoms. The Kier molecular flexibility index (Phi) is 3.00. The molecule has 0 aliphatic heterocycles. The molecule has 1 rings (SSSR count). The summed E-state index contributed by atoms with van der Waals surface area (Å²) in [6, 6.07) is 0. The molecule has 4 nitrogen and oxygen atoms in total. The van der Waals surface area contributed by atoms with E-state index in [0.29, 0.717) is 5.56 Å². The van der Waals surface area contributed by atoms with Gasteiger partial charge in [-0.25, -0.2) is 4.79 Å². The van der Waals surface area contributed by atoms with E-state index in [1.165, 1.54) is 10.8 Å². The van der Waals surface area contributed by atoms with E-state index in [0.717, 1.165) is 0 Å². The van der Waals surface area contributed by atoms with Crippen LogP contribution in [0.4, 0.5) is 0 Å². The first-order valence-corrected chi connectivity index (χ1v) is 8.13. The Balaban J connectivity index is 3.28. The monoisotopic (exact) mass is 222 g/mol. The van der Waals surface area contributed by atoms with Gasteiger partial charge in [-0.05, 0) is 0 Å². The molecule has 1 aromatic rings. The van der Waals surface area contributed by atoms with Crippen molar-refractivity contribution >= 4 is 8.07 Å². The second-order valence-electron chi connectivity index (χ2n) is 4.41. The first-order valence-electron chi connectivity index (χ1n) is 4.63. The maximum Gasteiger partial charge on any atom is 0.328 e. The smallest absolute Gasteiger partial charge is 0.302 e. The van der Waals surface area contributed by atoms with E-state index in [9.17, 15) is 9.59 Å². The highest BCUT2D eigenvalue weighted by Crippen LogP contribution is 1.97. The number of aromatic nitrogens is 2. The van der Waals surface area contributed by atoms with Crippen LogP contribution in [-0.2, 0) is 7.05 Å². The predicted octanol–water partition coefficient (Wildman–Crippen LogP) is 0.302. The molecule has 0 aromatic carbocycles. The van der Waals surface area contributed by atoms with Gasteiger partial charge in [-0.1, -0.05) is 25.6 Å².